The van der Waals surface area contributed by atoms with Crippen molar-refractivity contribution in [2.75, 3.05) is 0 Å². The fraction of sp³-hybridized carbons (Fsp3) is 0.588. The third kappa shape index (κ3) is 2.41. The van der Waals surface area contributed by atoms with Crippen molar-refractivity contribution in [3.63, 3.8) is 0 Å². The van der Waals surface area contributed by atoms with E-state index in [1.807, 2.05) is 0 Å². The molecule has 2 aromatic rings. The molecule has 0 radical (unpaired) electrons. The number of carbonyl (C=O) groups is 1. The van der Waals surface area contributed by atoms with Crippen LogP contribution in [0.4, 0.5) is 0 Å². The van der Waals surface area contributed by atoms with Gasteiger partial charge in [-0.15, -0.1) is 11.3 Å². The standard InChI is InChI=1S/C17H20N2O2S/c20-9-8-11-6-7-13-14(11)15-16(18-10-19-17(15)22-13)21-12-4-2-1-3-5-12/h9-12H,1-8H2. The van der Waals surface area contributed by atoms with Gasteiger partial charge in [-0.3, -0.25) is 0 Å². The molecule has 2 aromatic heterocycles. The highest BCUT2D eigenvalue weighted by atomic mass is 32.1. The van der Waals surface area contributed by atoms with E-state index in [9.17, 15) is 4.79 Å². The van der Waals surface area contributed by atoms with E-state index >= 15 is 0 Å². The second-order valence-electron chi connectivity index (χ2n) is 6.31. The number of aldehydes is 1. The zero-order valence-corrected chi connectivity index (χ0v) is 13.4. The first-order chi connectivity index (χ1) is 10.9. The highest BCUT2D eigenvalue weighted by molar-refractivity contribution is 7.19. The van der Waals surface area contributed by atoms with Crippen LogP contribution in [-0.2, 0) is 11.2 Å². The molecule has 0 bridgehead atoms. The van der Waals surface area contributed by atoms with Crippen LogP contribution in [0, 0.1) is 0 Å². The van der Waals surface area contributed by atoms with E-state index in [-0.39, 0.29) is 6.10 Å². The molecule has 1 unspecified atom stereocenters. The molecule has 22 heavy (non-hydrogen) atoms. The van der Waals surface area contributed by atoms with Gasteiger partial charge in [0.25, 0.3) is 0 Å². The summed E-state index contributed by atoms with van der Waals surface area (Å²) in [6, 6.07) is 0. The Kier molecular flexibility index (Phi) is 3.82. The largest absolute Gasteiger partial charge is 0.474 e. The first kappa shape index (κ1) is 14.1. The normalized spacial score (nSPS) is 21.9. The molecule has 5 heteroatoms. The highest BCUT2D eigenvalue weighted by Crippen LogP contribution is 2.47. The molecule has 1 saturated carbocycles. The predicted octanol–water partition coefficient (Wildman–Crippen LogP) is 4.02. The molecule has 1 fully saturated rings. The van der Waals surface area contributed by atoms with Crippen LogP contribution in [0.15, 0.2) is 6.33 Å². The summed E-state index contributed by atoms with van der Waals surface area (Å²) in [5.74, 6) is 1.06. The number of hydrogen-bond donors (Lipinski definition) is 0. The average molecular weight is 316 g/mol. The molecule has 0 aliphatic heterocycles. The molecule has 1 atom stereocenters. The zero-order valence-electron chi connectivity index (χ0n) is 12.6. The Balaban J connectivity index is 1.73. The molecule has 2 aliphatic carbocycles. The maximum Gasteiger partial charge on any atom is 0.225 e. The van der Waals surface area contributed by atoms with Crippen molar-refractivity contribution in [1.29, 1.82) is 0 Å². The molecule has 116 valence electrons. The van der Waals surface area contributed by atoms with Crippen LogP contribution in [0.2, 0.25) is 0 Å². The number of fused-ring (bicyclic) bond motifs is 3. The maximum absolute atomic E-state index is 11.0. The Labute approximate surface area is 133 Å². The van der Waals surface area contributed by atoms with Gasteiger partial charge in [-0.1, -0.05) is 6.42 Å². The maximum atomic E-state index is 11.0. The quantitative estimate of drug-likeness (QED) is 0.799. The van der Waals surface area contributed by atoms with Gasteiger partial charge in [0.2, 0.25) is 5.88 Å². The number of aryl methyl sites for hydroxylation is 1. The molecule has 2 aliphatic rings. The number of ether oxygens (including phenoxy) is 1. The minimum Gasteiger partial charge on any atom is -0.474 e. The molecule has 4 rings (SSSR count). The van der Waals surface area contributed by atoms with Gasteiger partial charge in [0, 0.05) is 11.3 Å². The summed E-state index contributed by atoms with van der Waals surface area (Å²) in [5, 5.41) is 1.08. The second kappa shape index (κ2) is 5.95. The van der Waals surface area contributed by atoms with Crippen molar-refractivity contribution in [2.24, 2.45) is 0 Å². The van der Waals surface area contributed by atoms with Gasteiger partial charge >= 0.3 is 0 Å². The van der Waals surface area contributed by atoms with Crippen molar-refractivity contribution >= 4 is 27.8 Å². The summed E-state index contributed by atoms with van der Waals surface area (Å²) >= 11 is 1.75. The van der Waals surface area contributed by atoms with E-state index in [2.05, 4.69) is 9.97 Å². The summed E-state index contributed by atoms with van der Waals surface area (Å²) in [7, 11) is 0. The number of rotatable bonds is 4. The van der Waals surface area contributed by atoms with E-state index in [1.165, 1.54) is 29.7 Å². The number of carbonyl (C=O) groups excluding carboxylic acids is 1. The lowest BCUT2D eigenvalue weighted by Crippen LogP contribution is -2.20. The lowest BCUT2D eigenvalue weighted by molar-refractivity contribution is -0.108. The Bertz CT molecular complexity index is 691. The topological polar surface area (TPSA) is 52.1 Å². The smallest absolute Gasteiger partial charge is 0.225 e. The lowest BCUT2D eigenvalue weighted by atomic mass is 9.97. The second-order valence-corrected chi connectivity index (χ2v) is 7.40. The number of aromatic nitrogens is 2. The molecule has 0 spiro atoms. The van der Waals surface area contributed by atoms with Crippen LogP contribution in [0.25, 0.3) is 10.2 Å². The predicted molar refractivity (Wildman–Crippen MR) is 86.7 cm³/mol. The Hall–Kier alpha value is -1.49. The SMILES string of the molecule is O=CCC1CCc2sc3ncnc(OC4CCCCC4)c3c21. The van der Waals surface area contributed by atoms with Gasteiger partial charge in [0.1, 0.15) is 23.5 Å². The minimum atomic E-state index is 0.285. The van der Waals surface area contributed by atoms with Crippen molar-refractivity contribution in [3.8, 4) is 5.88 Å². The minimum absolute atomic E-state index is 0.285. The van der Waals surface area contributed by atoms with Crippen molar-refractivity contribution in [2.45, 2.75) is 63.4 Å². The van der Waals surface area contributed by atoms with Crippen LogP contribution < -0.4 is 4.74 Å². The van der Waals surface area contributed by atoms with Gasteiger partial charge in [0.15, 0.2) is 0 Å². The summed E-state index contributed by atoms with van der Waals surface area (Å²) < 4.78 is 6.25. The first-order valence-corrected chi connectivity index (χ1v) is 9.05. The van der Waals surface area contributed by atoms with E-state index in [0.717, 1.165) is 48.1 Å². The van der Waals surface area contributed by atoms with Gasteiger partial charge in [-0.2, -0.15) is 0 Å². The van der Waals surface area contributed by atoms with Crippen LogP contribution in [-0.4, -0.2) is 22.4 Å². The molecule has 2 heterocycles. The number of hydrogen-bond acceptors (Lipinski definition) is 5. The van der Waals surface area contributed by atoms with Gasteiger partial charge in [-0.25, -0.2) is 9.97 Å². The van der Waals surface area contributed by atoms with Crippen molar-refractivity contribution < 1.29 is 9.53 Å². The van der Waals surface area contributed by atoms with Crippen molar-refractivity contribution in [1.82, 2.24) is 9.97 Å². The van der Waals surface area contributed by atoms with E-state index < -0.39 is 0 Å². The molecule has 0 saturated heterocycles. The summed E-state index contributed by atoms with van der Waals surface area (Å²) in [4.78, 5) is 22.2. The zero-order chi connectivity index (χ0) is 14.9. The number of nitrogens with zero attached hydrogens (tertiary/aromatic N) is 2. The summed E-state index contributed by atoms with van der Waals surface area (Å²) in [6.07, 6.45) is 11.7. The Morgan fingerprint density at radius 2 is 2.09 bits per heavy atom. The van der Waals surface area contributed by atoms with Gasteiger partial charge in [-0.05, 0) is 50.0 Å². The summed E-state index contributed by atoms with van der Waals surface area (Å²) in [5.41, 5.74) is 1.29. The monoisotopic (exact) mass is 316 g/mol. The van der Waals surface area contributed by atoms with E-state index in [1.54, 1.807) is 17.7 Å². The van der Waals surface area contributed by atoms with Crippen LogP contribution >= 0.6 is 11.3 Å². The van der Waals surface area contributed by atoms with Crippen LogP contribution in [0.5, 0.6) is 5.88 Å². The fourth-order valence-corrected chi connectivity index (χ4v) is 5.05. The summed E-state index contributed by atoms with van der Waals surface area (Å²) in [6.45, 7) is 0. The lowest BCUT2D eigenvalue weighted by Gasteiger charge is -2.23. The van der Waals surface area contributed by atoms with Crippen LogP contribution in [0.1, 0.15) is 61.3 Å². The molecule has 4 nitrogen and oxygen atoms in total. The molecule has 0 amide bonds. The van der Waals surface area contributed by atoms with Gasteiger partial charge < -0.3 is 9.53 Å². The van der Waals surface area contributed by atoms with Crippen molar-refractivity contribution in [3.05, 3.63) is 16.8 Å². The first-order valence-electron chi connectivity index (χ1n) is 8.23. The Morgan fingerprint density at radius 3 is 2.91 bits per heavy atom. The number of thiophene rings is 1. The molecular weight excluding hydrogens is 296 g/mol. The Morgan fingerprint density at radius 1 is 1.23 bits per heavy atom. The fourth-order valence-electron chi connectivity index (χ4n) is 3.82. The average Bonchev–Trinajstić information content (AvgIpc) is 3.09. The van der Waals surface area contributed by atoms with Crippen LogP contribution in [0.3, 0.4) is 0 Å². The van der Waals surface area contributed by atoms with E-state index in [4.69, 9.17) is 4.74 Å². The van der Waals surface area contributed by atoms with E-state index in [0.29, 0.717) is 12.3 Å². The van der Waals surface area contributed by atoms with Gasteiger partial charge in [0.05, 0.1) is 5.39 Å². The molecular formula is C17H20N2O2S. The third-order valence-electron chi connectivity index (χ3n) is 4.91. The third-order valence-corrected chi connectivity index (χ3v) is 6.08. The molecule has 0 aromatic carbocycles. The highest BCUT2D eigenvalue weighted by Gasteiger charge is 2.30. The molecule has 0 N–H and O–H groups in total.